The van der Waals surface area contributed by atoms with E-state index in [4.69, 9.17) is 4.74 Å². The molecule has 1 fully saturated rings. The molecule has 1 saturated heterocycles. The Bertz CT molecular complexity index is 397. The quantitative estimate of drug-likeness (QED) is 0.763. The number of benzene rings is 1. The third kappa shape index (κ3) is 3.51. The summed E-state index contributed by atoms with van der Waals surface area (Å²) in [5.41, 5.74) is 0.721. The van der Waals surface area contributed by atoms with Crippen LogP contribution in [0.15, 0.2) is 18.2 Å². The van der Waals surface area contributed by atoms with Crippen molar-refractivity contribution in [2.24, 2.45) is 0 Å². The van der Waals surface area contributed by atoms with Gasteiger partial charge in [-0.25, -0.2) is 0 Å². The number of para-hydroxylation sites is 1. The molecule has 6 heteroatoms. The van der Waals surface area contributed by atoms with Crippen LogP contribution in [-0.4, -0.2) is 55.0 Å². The highest BCUT2D eigenvalue weighted by Gasteiger charge is 2.24. The van der Waals surface area contributed by atoms with Crippen molar-refractivity contribution in [1.29, 1.82) is 0 Å². The molecule has 2 rings (SSSR count). The van der Waals surface area contributed by atoms with Crippen molar-refractivity contribution in [3.05, 3.63) is 23.8 Å². The number of nitrogens with one attached hydrogen (secondary N) is 1. The maximum absolute atomic E-state index is 10.1. The summed E-state index contributed by atoms with van der Waals surface area (Å²) >= 11 is 0. The molecule has 1 aliphatic heterocycles. The number of aliphatic hydroxyl groups excluding tert-OH is 1. The number of ether oxygens (including phenoxy) is 1. The van der Waals surface area contributed by atoms with Crippen molar-refractivity contribution < 1.29 is 14.9 Å². The number of hydrogen-bond donors (Lipinski definition) is 3. The van der Waals surface area contributed by atoms with Crippen LogP contribution in [0.1, 0.15) is 11.6 Å². The molecular formula is C13H21ClN2O3. The maximum atomic E-state index is 10.1. The number of hydrogen-bond acceptors (Lipinski definition) is 5. The van der Waals surface area contributed by atoms with Crippen LogP contribution in [0.2, 0.25) is 0 Å². The number of methoxy groups -OCH3 is 1. The summed E-state index contributed by atoms with van der Waals surface area (Å²) in [6.45, 7) is 3.52. The van der Waals surface area contributed by atoms with Crippen molar-refractivity contribution in [3.8, 4) is 11.5 Å². The zero-order valence-corrected chi connectivity index (χ0v) is 11.8. The van der Waals surface area contributed by atoms with Gasteiger partial charge in [0.1, 0.15) is 0 Å². The summed E-state index contributed by atoms with van der Waals surface area (Å²) in [5.74, 6) is 0.568. The van der Waals surface area contributed by atoms with Crippen LogP contribution >= 0.6 is 12.4 Å². The van der Waals surface area contributed by atoms with Crippen molar-refractivity contribution in [2.45, 2.75) is 6.04 Å². The van der Waals surface area contributed by atoms with E-state index in [0.29, 0.717) is 5.75 Å². The van der Waals surface area contributed by atoms with Crippen LogP contribution in [0.5, 0.6) is 11.5 Å². The van der Waals surface area contributed by atoms with Crippen molar-refractivity contribution >= 4 is 12.4 Å². The average Bonchev–Trinajstić information content (AvgIpc) is 2.43. The van der Waals surface area contributed by atoms with Gasteiger partial charge in [-0.15, -0.1) is 12.4 Å². The van der Waals surface area contributed by atoms with Gasteiger partial charge in [0, 0.05) is 31.7 Å². The number of aliphatic hydroxyl groups is 1. The smallest absolute Gasteiger partial charge is 0.162 e. The number of rotatable bonds is 4. The first-order valence-corrected chi connectivity index (χ1v) is 6.19. The highest BCUT2D eigenvalue weighted by molar-refractivity contribution is 5.85. The fourth-order valence-electron chi connectivity index (χ4n) is 2.38. The predicted octanol–water partition coefficient (Wildman–Crippen LogP) is 0.761. The maximum Gasteiger partial charge on any atom is 0.162 e. The molecule has 0 aliphatic carbocycles. The molecule has 0 unspecified atom stereocenters. The van der Waals surface area contributed by atoms with E-state index in [9.17, 15) is 10.2 Å². The minimum atomic E-state index is -0.179. The number of aromatic hydroxyl groups is 1. The highest BCUT2D eigenvalue weighted by atomic mass is 35.5. The molecule has 1 heterocycles. The number of piperazine rings is 1. The SMILES string of the molecule is COc1cccc([C@H](CO)N2CCNCC2)c1O.Cl. The summed E-state index contributed by atoms with van der Waals surface area (Å²) in [4.78, 5) is 2.17. The first-order chi connectivity index (χ1) is 8.77. The molecule has 1 aromatic carbocycles. The molecule has 19 heavy (non-hydrogen) atoms. The Morgan fingerprint density at radius 1 is 1.37 bits per heavy atom. The molecule has 108 valence electrons. The molecule has 0 saturated carbocycles. The summed E-state index contributed by atoms with van der Waals surface area (Å²) in [6.07, 6.45) is 0. The lowest BCUT2D eigenvalue weighted by molar-refractivity contribution is 0.108. The monoisotopic (exact) mass is 288 g/mol. The summed E-state index contributed by atoms with van der Waals surface area (Å²) in [7, 11) is 1.53. The van der Waals surface area contributed by atoms with Crippen LogP contribution in [0.3, 0.4) is 0 Å². The van der Waals surface area contributed by atoms with Gasteiger partial charge < -0.3 is 20.3 Å². The van der Waals surface area contributed by atoms with Crippen molar-refractivity contribution in [1.82, 2.24) is 10.2 Å². The van der Waals surface area contributed by atoms with Crippen LogP contribution in [0.25, 0.3) is 0 Å². The minimum absolute atomic E-state index is 0. The molecule has 0 amide bonds. The van der Waals surface area contributed by atoms with Crippen molar-refractivity contribution in [2.75, 3.05) is 39.9 Å². The lowest BCUT2D eigenvalue weighted by Crippen LogP contribution is -2.46. The topological polar surface area (TPSA) is 65.0 Å². The van der Waals surface area contributed by atoms with Gasteiger partial charge in [-0.3, -0.25) is 4.90 Å². The molecule has 0 bridgehead atoms. The second-order valence-corrected chi connectivity index (χ2v) is 4.38. The third-order valence-electron chi connectivity index (χ3n) is 3.37. The second kappa shape index (κ2) is 7.55. The zero-order chi connectivity index (χ0) is 13.0. The van der Waals surface area contributed by atoms with Gasteiger partial charge in [0.05, 0.1) is 19.8 Å². The highest BCUT2D eigenvalue weighted by Crippen LogP contribution is 2.35. The standard InChI is InChI=1S/C13H20N2O3.ClH/c1-18-12-4-2-3-10(13(12)17)11(9-16)15-7-5-14-6-8-15;/h2-4,11,14,16-17H,5-9H2,1H3;1H/t11-;/m0./s1. The molecule has 1 atom stereocenters. The molecule has 0 radical (unpaired) electrons. The second-order valence-electron chi connectivity index (χ2n) is 4.38. The number of phenols is 1. The van der Waals surface area contributed by atoms with Gasteiger partial charge in [-0.2, -0.15) is 0 Å². The molecule has 1 aliphatic rings. The van der Waals surface area contributed by atoms with Crippen LogP contribution < -0.4 is 10.1 Å². The number of phenolic OH excluding ortho intramolecular Hbond substituents is 1. The molecular weight excluding hydrogens is 268 g/mol. The number of halogens is 1. The van der Waals surface area contributed by atoms with Gasteiger partial charge in [0.25, 0.3) is 0 Å². The van der Waals surface area contributed by atoms with Gasteiger partial charge in [-0.05, 0) is 6.07 Å². The van der Waals surface area contributed by atoms with E-state index in [2.05, 4.69) is 10.2 Å². The Labute approximate surface area is 119 Å². The number of nitrogens with zero attached hydrogens (tertiary/aromatic N) is 1. The fourth-order valence-corrected chi connectivity index (χ4v) is 2.38. The minimum Gasteiger partial charge on any atom is -0.504 e. The van der Waals surface area contributed by atoms with E-state index < -0.39 is 0 Å². The Kier molecular flexibility index (Phi) is 6.37. The first kappa shape index (κ1) is 16.0. The molecule has 5 nitrogen and oxygen atoms in total. The van der Waals surface area contributed by atoms with E-state index in [1.165, 1.54) is 7.11 Å². The van der Waals surface area contributed by atoms with Gasteiger partial charge in [0.2, 0.25) is 0 Å². The fraction of sp³-hybridized carbons (Fsp3) is 0.538. The molecule has 0 spiro atoms. The Balaban J connectivity index is 0.00000180. The Hall–Kier alpha value is -1.01. The van der Waals surface area contributed by atoms with Crippen molar-refractivity contribution in [3.63, 3.8) is 0 Å². The van der Waals surface area contributed by atoms with E-state index in [-0.39, 0.29) is 30.8 Å². The third-order valence-corrected chi connectivity index (χ3v) is 3.37. The molecule has 0 aromatic heterocycles. The summed E-state index contributed by atoms with van der Waals surface area (Å²) in [5, 5.41) is 23.0. The van der Waals surface area contributed by atoms with Gasteiger partial charge in [0.15, 0.2) is 11.5 Å². The largest absolute Gasteiger partial charge is 0.504 e. The summed E-state index contributed by atoms with van der Waals surface area (Å²) < 4.78 is 5.11. The Morgan fingerprint density at radius 3 is 2.63 bits per heavy atom. The first-order valence-electron chi connectivity index (χ1n) is 6.19. The molecule has 3 N–H and O–H groups in total. The van der Waals surface area contributed by atoms with Crippen LogP contribution in [-0.2, 0) is 0 Å². The normalized spacial score (nSPS) is 17.6. The van der Waals surface area contributed by atoms with Crippen LogP contribution in [0, 0.1) is 0 Å². The predicted molar refractivity (Wildman–Crippen MR) is 76.2 cm³/mol. The molecule has 1 aromatic rings. The summed E-state index contributed by atoms with van der Waals surface area (Å²) in [6, 6.07) is 5.20. The van der Waals surface area contributed by atoms with E-state index in [0.717, 1.165) is 31.7 Å². The average molecular weight is 289 g/mol. The van der Waals surface area contributed by atoms with Crippen LogP contribution in [0.4, 0.5) is 0 Å². The van der Waals surface area contributed by atoms with Gasteiger partial charge >= 0.3 is 0 Å². The zero-order valence-electron chi connectivity index (χ0n) is 11.0. The van der Waals surface area contributed by atoms with E-state index >= 15 is 0 Å². The Morgan fingerprint density at radius 2 is 2.05 bits per heavy atom. The lowest BCUT2D eigenvalue weighted by atomic mass is 10.0. The lowest BCUT2D eigenvalue weighted by Gasteiger charge is -2.34. The van der Waals surface area contributed by atoms with E-state index in [1.807, 2.05) is 12.1 Å². The van der Waals surface area contributed by atoms with E-state index in [1.54, 1.807) is 6.07 Å². The van der Waals surface area contributed by atoms with Gasteiger partial charge in [-0.1, -0.05) is 12.1 Å².